The van der Waals surface area contributed by atoms with E-state index in [1.54, 1.807) is 0 Å². The smallest absolute Gasteiger partial charge is 0.131 e. The highest BCUT2D eigenvalue weighted by molar-refractivity contribution is 6.30. The number of fused-ring (bicyclic) bond motifs is 1. The molecule has 29 heavy (non-hydrogen) atoms. The van der Waals surface area contributed by atoms with Gasteiger partial charge in [0.05, 0.1) is 12.1 Å². The lowest BCUT2D eigenvalue weighted by Crippen LogP contribution is -2.44. The van der Waals surface area contributed by atoms with Gasteiger partial charge >= 0.3 is 0 Å². The van der Waals surface area contributed by atoms with Crippen LogP contribution in [0.2, 0.25) is 5.02 Å². The van der Waals surface area contributed by atoms with E-state index in [9.17, 15) is 0 Å². The van der Waals surface area contributed by atoms with E-state index in [2.05, 4.69) is 28.2 Å². The second-order valence-electron chi connectivity index (χ2n) is 7.50. The van der Waals surface area contributed by atoms with E-state index in [0.717, 1.165) is 67.3 Å². The van der Waals surface area contributed by atoms with Gasteiger partial charge < -0.3 is 19.9 Å². The summed E-state index contributed by atoms with van der Waals surface area (Å²) in [6, 6.07) is 17.7. The van der Waals surface area contributed by atoms with Crippen LogP contribution in [0.5, 0.6) is 5.75 Å². The van der Waals surface area contributed by atoms with Crippen LogP contribution in [0, 0.1) is 0 Å². The molecular formula is C23H27ClN4O. The van der Waals surface area contributed by atoms with Crippen LogP contribution in [0.1, 0.15) is 6.42 Å². The highest BCUT2D eigenvalue weighted by Gasteiger charge is 2.13. The van der Waals surface area contributed by atoms with E-state index in [1.165, 1.54) is 0 Å². The molecule has 0 amide bonds. The van der Waals surface area contributed by atoms with E-state index >= 15 is 0 Å². The standard InChI is InChI=1S/C23H27ClN4O/c1-27-12-14-28(15-13-27)11-4-16-29-22-8-3-7-21-20(22)9-10-23(26-21)25-19-6-2-5-18(24)17-19/h2-3,5-10,17H,4,11-16H2,1H3,(H,25,26). The molecule has 0 bridgehead atoms. The molecule has 5 nitrogen and oxygen atoms in total. The van der Waals surface area contributed by atoms with Crippen LogP contribution >= 0.6 is 11.6 Å². The lowest BCUT2D eigenvalue weighted by Gasteiger charge is -2.32. The fraction of sp³-hybridized carbons (Fsp3) is 0.348. The molecule has 1 aliphatic heterocycles. The fourth-order valence-electron chi connectivity index (χ4n) is 3.58. The molecule has 0 atom stereocenters. The number of anilines is 2. The molecule has 0 radical (unpaired) electrons. The Kier molecular flexibility index (Phi) is 6.49. The number of aromatic nitrogens is 1. The van der Waals surface area contributed by atoms with Gasteiger partial charge in [0.25, 0.3) is 0 Å². The predicted octanol–water partition coefficient (Wildman–Crippen LogP) is 4.65. The minimum Gasteiger partial charge on any atom is -0.493 e. The van der Waals surface area contributed by atoms with Crippen molar-refractivity contribution >= 4 is 34.0 Å². The van der Waals surface area contributed by atoms with Gasteiger partial charge in [-0.25, -0.2) is 4.98 Å². The zero-order valence-electron chi connectivity index (χ0n) is 16.8. The van der Waals surface area contributed by atoms with E-state index in [0.29, 0.717) is 11.6 Å². The summed E-state index contributed by atoms with van der Waals surface area (Å²) >= 11 is 6.06. The van der Waals surface area contributed by atoms with Crippen molar-refractivity contribution in [2.45, 2.75) is 6.42 Å². The van der Waals surface area contributed by atoms with Gasteiger partial charge in [-0.1, -0.05) is 23.7 Å². The predicted molar refractivity (Wildman–Crippen MR) is 121 cm³/mol. The molecule has 1 saturated heterocycles. The summed E-state index contributed by atoms with van der Waals surface area (Å²) < 4.78 is 6.09. The van der Waals surface area contributed by atoms with Gasteiger partial charge in [-0.3, -0.25) is 0 Å². The number of likely N-dealkylation sites (N-methyl/N-ethyl adjacent to an activating group) is 1. The Labute approximate surface area is 177 Å². The highest BCUT2D eigenvalue weighted by Crippen LogP contribution is 2.27. The highest BCUT2D eigenvalue weighted by atomic mass is 35.5. The van der Waals surface area contributed by atoms with Crippen molar-refractivity contribution in [2.24, 2.45) is 0 Å². The number of hydrogen-bond acceptors (Lipinski definition) is 5. The van der Waals surface area contributed by atoms with Crippen LogP contribution in [-0.2, 0) is 0 Å². The summed E-state index contributed by atoms with van der Waals surface area (Å²) in [4.78, 5) is 9.62. The minimum absolute atomic E-state index is 0.697. The Morgan fingerprint density at radius 2 is 1.86 bits per heavy atom. The number of hydrogen-bond donors (Lipinski definition) is 1. The molecule has 0 spiro atoms. The molecule has 3 aromatic rings. The second-order valence-corrected chi connectivity index (χ2v) is 7.94. The number of piperazine rings is 1. The van der Waals surface area contributed by atoms with Gasteiger partial charge in [-0.15, -0.1) is 0 Å². The van der Waals surface area contributed by atoms with E-state index in [4.69, 9.17) is 21.3 Å². The van der Waals surface area contributed by atoms with Gasteiger partial charge in [-0.05, 0) is 55.9 Å². The van der Waals surface area contributed by atoms with Crippen molar-refractivity contribution in [2.75, 3.05) is 51.7 Å². The third-order valence-corrected chi connectivity index (χ3v) is 5.50. The van der Waals surface area contributed by atoms with Crippen molar-refractivity contribution in [3.05, 3.63) is 59.6 Å². The van der Waals surface area contributed by atoms with Gasteiger partial charge in [0.1, 0.15) is 11.6 Å². The number of benzene rings is 2. The van der Waals surface area contributed by atoms with Crippen molar-refractivity contribution in [1.82, 2.24) is 14.8 Å². The van der Waals surface area contributed by atoms with Crippen molar-refractivity contribution in [3.63, 3.8) is 0 Å². The van der Waals surface area contributed by atoms with E-state index < -0.39 is 0 Å². The van der Waals surface area contributed by atoms with Crippen LogP contribution in [-0.4, -0.2) is 61.2 Å². The average molecular weight is 411 g/mol. The first-order valence-corrected chi connectivity index (χ1v) is 10.5. The first-order valence-electron chi connectivity index (χ1n) is 10.1. The van der Waals surface area contributed by atoms with Gasteiger partial charge in [0, 0.05) is 48.8 Å². The summed E-state index contributed by atoms with van der Waals surface area (Å²) in [5.41, 5.74) is 1.83. The quantitative estimate of drug-likeness (QED) is 0.574. The number of nitrogens with zero attached hydrogens (tertiary/aromatic N) is 3. The van der Waals surface area contributed by atoms with Crippen LogP contribution in [0.25, 0.3) is 10.9 Å². The molecule has 0 saturated carbocycles. The van der Waals surface area contributed by atoms with E-state index in [1.807, 2.05) is 48.5 Å². The first-order chi connectivity index (χ1) is 14.2. The molecule has 4 rings (SSSR count). The average Bonchev–Trinajstić information content (AvgIpc) is 2.72. The van der Waals surface area contributed by atoms with Gasteiger partial charge in [0.2, 0.25) is 0 Å². The Bertz CT molecular complexity index is 957. The number of rotatable bonds is 7. The van der Waals surface area contributed by atoms with Gasteiger partial charge in [0.15, 0.2) is 0 Å². The number of pyridine rings is 1. The molecule has 6 heteroatoms. The largest absolute Gasteiger partial charge is 0.493 e. The Morgan fingerprint density at radius 3 is 2.69 bits per heavy atom. The monoisotopic (exact) mass is 410 g/mol. The zero-order chi connectivity index (χ0) is 20.1. The summed E-state index contributed by atoms with van der Waals surface area (Å²) in [6.45, 7) is 6.41. The topological polar surface area (TPSA) is 40.6 Å². The minimum atomic E-state index is 0.697. The summed E-state index contributed by atoms with van der Waals surface area (Å²) in [5.74, 6) is 1.68. The maximum Gasteiger partial charge on any atom is 0.131 e. The SMILES string of the molecule is CN1CCN(CCCOc2cccc3nc(Nc4cccc(Cl)c4)ccc23)CC1. The maximum atomic E-state index is 6.09. The number of halogens is 1. The Balaban J connectivity index is 1.36. The first kappa shape index (κ1) is 20.0. The fourth-order valence-corrected chi connectivity index (χ4v) is 3.77. The van der Waals surface area contributed by atoms with Crippen LogP contribution in [0.4, 0.5) is 11.5 Å². The molecule has 2 aromatic carbocycles. The van der Waals surface area contributed by atoms with E-state index in [-0.39, 0.29) is 0 Å². The molecule has 1 aromatic heterocycles. The lowest BCUT2D eigenvalue weighted by atomic mass is 10.2. The molecule has 1 N–H and O–H groups in total. The third kappa shape index (κ3) is 5.38. The van der Waals surface area contributed by atoms with Crippen LogP contribution in [0.15, 0.2) is 54.6 Å². The molecular weight excluding hydrogens is 384 g/mol. The Morgan fingerprint density at radius 1 is 1.03 bits per heavy atom. The molecule has 1 fully saturated rings. The number of ether oxygens (including phenoxy) is 1. The van der Waals surface area contributed by atoms with Crippen LogP contribution in [0.3, 0.4) is 0 Å². The van der Waals surface area contributed by atoms with Crippen molar-refractivity contribution in [1.29, 1.82) is 0 Å². The summed E-state index contributed by atoms with van der Waals surface area (Å²) in [6.07, 6.45) is 1.03. The van der Waals surface area contributed by atoms with Crippen molar-refractivity contribution in [3.8, 4) is 5.75 Å². The van der Waals surface area contributed by atoms with Crippen LogP contribution < -0.4 is 10.1 Å². The Hall–Kier alpha value is -2.34. The summed E-state index contributed by atoms with van der Waals surface area (Å²) in [7, 11) is 2.19. The molecule has 1 aliphatic rings. The lowest BCUT2D eigenvalue weighted by molar-refractivity contribution is 0.145. The van der Waals surface area contributed by atoms with Crippen molar-refractivity contribution < 1.29 is 4.74 Å². The second kappa shape index (κ2) is 9.44. The molecule has 0 aliphatic carbocycles. The molecule has 2 heterocycles. The normalized spacial score (nSPS) is 15.5. The zero-order valence-corrected chi connectivity index (χ0v) is 17.5. The summed E-state index contributed by atoms with van der Waals surface area (Å²) in [5, 5.41) is 5.03. The molecule has 152 valence electrons. The number of nitrogens with one attached hydrogen (secondary N) is 1. The van der Waals surface area contributed by atoms with Gasteiger partial charge in [-0.2, -0.15) is 0 Å². The molecule has 0 unspecified atom stereocenters. The maximum absolute atomic E-state index is 6.09. The third-order valence-electron chi connectivity index (χ3n) is 5.26.